The molecule has 1 fully saturated rings. The van der Waals surface area contributed by atoms with Gasteiger partial charge in [-0.1, -0.05) is 17.7 Å². The smallest absolute Gasteiger partial charge is 0.253 e. The fourth-order valence-corrected chi connectivity index (χ4v) is 3.78. The molecule has 1 N–H and O–H groups in total. The number of likely N-dealkylation sites (tertiary alicyclic amines) is 1. The van der Waals surface area contributed by atoms with Gasteiger partial charge in [-0.3, -0.25) is 4.79 Å². The number of rotatable bonds is 5. The summed E-state index contributed by atoms with van der Waals surface area (Å²) in [4.78, 5) is 14.7. The molecule has 1 aliphatic rings. The Labute approximate surface area is 177 Å². The van der Waals surface area contributed by atoms with E-state index in [2.05, 4.69) is 0 Å². The monoisotopic (exact) mass is 417 g/mol. The molecule has 1 saturated heterocycles. The molecule has 0 aliphatic carbocycles. The van der Waals surface area contributed by atoms with Crippen molar-refractivity contribution >= 4 is 17.5 Å². The lowest BCUT2D eigenvalue weighted by molar-refractivity contribution is -0.0163. The Bertz CT molecular complexity index is 862. The SMILES string of the molecule is COc1cccc(C(=O)N2CCCC(O)(COc3cc(C)c(Cl)c(C)c3)CC2)c1. The van der Waals surface area contributed by atoms with Crippen molar-refractivity contribution in [1.82, 2.24) is 4.90 Å². The summed E-state index contributed by atoms with van der Waals surface area (Å²) in [6.45, 7) is 5.15. The van der Waals surface area contributed by atoms with E-state index in [0.29, 0.717) is 49.4 Å². The van der Waals surface area contributed by atoms with E-state index < -0.39 is 5.60 Å². The highest BCUT2D eigenvalue weighted by Crippen LogP contribution is 2.29. The molecular formula is C23H28ClNO4. The van der Waals surface area contributed by atoms with Gasteiger partial charge in [-0.15, -0.1) is 0 Å². The van der Waals surface area contributed by atoms with Gasteiger partial charge in [0.25, 0.3) is 5.91 Å². The summed E-state index contributed by atoms with van der Waals surface area (Å²) in [5.41, 5.74) is 1.53. The quantitative estimate of drug-likeness (QED) is 0.783. The molecule has 2 aromatic rings. The fourth-order valence-electron chi connectivity index (χ4n) is 3.67. The van der Waals surface area contributed by atoms with Gasteiger partial charge in [0.05, 0.1) is 7.11 Å². The lowest BCUT2D eigenvalue weighted by atomic mass is 9.96. The van der Waals surface area contributed by atoms with Crippen LogP contribution < -0.4 is 9.47 Å². The summed E-state index contributed by atoms with van der Waals surface area (Å²) >= 11 is 6.21. The van der Waals surface area contributed by atoms with Gasteiger partial charge in [-0.05, 0) is 74.6 Å². The fraction of sp³-hybridized carbons (Fsp3) is 0.435. The predicted octanol–water partition coefficient (Wildman–Crippen LogP) is 4.40. The van der Waals surface area contributed by atoms with Crippen LogP contribution in [-0.2, 0) is 0 Å². The standard InChI is InChI=1S/C23H28ClNO4/c1-16-12-20(13-17(2)21(16)24)29-15-23(27)8-5-10-25(11-9-23)22(26)18-6-4-7-19(14-18)28-3/h4,6-7,12-14,27H,5,8-11,15H2,1-3H3. The molecule has 0 bridgehead atoms. The highest BCUT2D eigenvalue weighted by atomic mass is 35.5. The maximum absolute atomic E-state index is 12.9. The first kappa shape index (κ1) is 21.5. The Hall–Kier alpha value is -2.24. The van der Waals surface area contributed by atoms with Crippen molar-refractivity contribution in [2.75, 3.05) is 26.8 Å². The molecule has 156 valence electrons. The third kappa shape index (κ3) is 5.22. The Kier molecular flexibility index (Phi) is 6.70. The van der Waals surface area contributed by atoms with Crippen LogP contribution in [0.2, 0.25) is 5.02 Å². The van der Waals surface area contributed by atoms with E-state index in [1.165, 1.54) is 0 Å². The van der Waals surface area contributed by atoms with Gasteiger partial charge in [0, 0.05) is 23.7 Å². The van der Waals surface area contributed by atoms with Crippen molar-refractivity contribution < 1.29 is 19.4 Å². The minimum Gasteiger partial charge on any atom is -0.497 e. The first-order valence-electron chi connectivity index (χ1n) is 9.86. The molecule has 0 spiro atoms. The zero-order valence-corrected chi connectivity index (χ0v) is 18.0. The molecule has 0 aromatic heterocycles. The van der Waals surface area contributed by atoms with E-state index in [1.807, 2.05) is 38.1 Å². The van der Waals surface area contributed by atoms with Crippen LogP contribution >= 0.6 is 11.6 Å². The topological polar surface area (TPSA) is 59.0 Å². The van der Waals surface area contributed by atoms with Crippen LogP contribution in [0, 0.1) is 13.8 Å². The van der Waals surface area contributed by atoms with E-state index in [0.717, 1.165) is 16.1 Å². The average Bonchev–Trinajstić information content (AvgIpc) is 2.92. The van der Waals surface area contributed by atoms with Crippen LogP contribution in [0.5, 0.6) is 11.5 Å². The number of benzene rings is 2. The van der Waals surface area contributed by atoms with Crippen LogP contribution in [0.4, 0.5) is 0 Å². The van der Waals surface area contributed by atoms with Crippen molar-refractivity contribution in [2.24, 2.45) is 0 Å². The van der Waals surface area contributed by atoms with Gasteiger partial charge in [-0.2, -0.15) is 0 Å². The lowest BCUT2D eigenvalue weighted by Gasteiger charge is -2.27. The van der Waals surface area contributed by atoms with Gasteiger partial charge in [0.15, 0.2) is 0 Å². The summed E-state index contributed by atoms with van der Waals surface area (Å²) in [6.07, 6.45) is 1.77. The third-order valence-electron chi connectivity index (χ3n) is 5.44. The molecule has 1 heterocycles. The normalized spacial score (nSPS) is 19.6. The van der Waals surface area contributed by atoms with Gasteiger partial charge in [0.1, 0.15) is 23.7 Å². The molecule has 1 aliphatic heterocycles. The van der Waals surface area contributed by atoms with E-state index in [9.17, 15) is 9.90 Å². The minimum absolute atomic E-state index is 0.0435. The second-order valence-corrected chi connectivity index (χ2v) is 8.14. The van der Waals surface area contributed by atoms with Crippen LogP contribution in [-0.4, -0.2) is 48.3 Å². The number of halogens is 1. The summed E-state index contributed by atoms with van der Waals surface area (Å²) in [6, 6.07) is 10.9. The number of carbonyl (C=O) groups is 1. The van der Waals surface area contributed by atoms with E-state index in [1.54, 1.807) is 24.1 Å². The molecule has 1 atom stereocenters. The maximum atomic E-state index is 12.9. The first-order valence-corrected chi connectivity index (χ1v) is 10.2. The third-order valence-corrected chi connectivity index (χ3v) is 6.03. The highest BCUT2D eigenvalue weighted by Gasteiger charge is 2.32. The molecule has 6 heteroatoms. The molecule has 0 radical (unpaired) electrons. The summed E-state index contributed by atoms with van der Waals surface area (Å²) in [5.74, 6) is 1.31. The van der Waals surface area contributed by atoms with Crippen LogP contribution in [0.25, 0.3) is 0 Å². The van der Waals surface area contributed by atoms with Gasteiger partial charge in [0.2, 0.25) is 0 Å². The molecular weight excluding hydrogens is 390 g/mol. The Balaban J connectivity index is 1.63. The Morgan fingerprint density at radius 1 is 1.14 bits per heavy atom. The lowest BCUT2D eigenvalue weighted by Crippen LogP contribution is -2.38. The number of carbonyl (C=O) groups excluding carboxylic acids is 1. The van der Waals surface area contributed by atoms with Gasteiger partial charge < -0.3 is 19.5 Å². The number of hydrogen-bond donors (Lipinski definition) is 1. The number of hydrogen-bond acceptors (Lipinski definition) is 4. The zero-order chi connectivity index (χ0) is 21.0. The molecule has 1 amide bonds. The van der Waals surface area contributed by atoms with E-state index >= 15 is 0 Å². The highest BCUT2D eigenvalue weighted by molar-refractivity contribution is 6.32. The summed E-state index contributed by atoms with van der Waals surface area (Å²) in [7, 11) is 1.58. The Morgan fingerprint density at radius 2 is 1.86 bits per heavy atom. The predicted molar refractivity (Wildman–Crippen MR) is 114 cm³/mol. The molecule has 29 heavy (non-hydrogen) atoms. The van der Waals surface area contributed by atoms with Crippen molar-refractivity contribution in [1.29, 1.82) is 0 Å². The number of nitrogens with zero attached hydrogens (tertiary/aromatic N) is 1. The van der Waals surface area contributed by atoms with Crippen molar-refractivity contribution in [3.63, 3.8) is 0 Å². The number of ether oxygens (including phenoxy) is 2. The average molecular weight is 418 g/mol. The summed E-state index contributed by atoms with van der Waals surface area (Å²) in [5, 5.41) is 11.8. The van der Waals surface area contributed by atoms with Crippen molar-refractivity contribution in [3.8, 4) is 11.5 Å². The number of amides is 1. The number of aryl methyl sites for hydroxylation is 2. The van der Waals surface area contributed by atoms with Crippen LogP contribution in [0.3, 0.4) is 0 Å². The number of aliphatic hydroxyl groups is 1. The van der Waals surface area contributed by atoms with Gasteiger partial charge >= 0.3 is 0 Å². The molecule has 0 saturated carbocycles. The van der Waals surface area contributed by atoms with Crippen LogP contribution in [0.15, 0.2) is 36.4 Å². The zero-order valence-electron chi connectivity index (χ0n) is 17.2. The molecule has 3 rings (SSSR count). The van der Waals surface area contributed by atoms with Crippen molar-refractivity contribution in [3.05, 3.63) is 58.1 Å². The second kappa shape index (κ2) is 9.06. The first-order chi connectivity index (χ1) is 13.8. The second-order valence-electron chi connectivity index (χ2n) is 7.76. The minimum atomic E-state index is -0.967. The van der Waals surface area contributed by atoms with E-state index in [-0.39, 0.29) is 12.5 Å². The Morgan fingerprint density at radius 3 is 2.55 bits per heavy atom. The molecule has 5 nitrogen and oxygen atoms in total. The maximum Gasteiger partial charge on any atom is 0.253 e. The van der Waals surface area contributed by atoms with E-state index in [4.69, 9.17) is 21.1 Å². The number of methoxy groups -OCH3 is 1. The summed E-state index contributed by atoms with van der Waals surface area (Å²) < 4.78 is 11.1. The van der Waals surface area contributed by atoms with Gasteiger partial charge in [-0.25, -0.2) is 0 Å². The molecule has 1 unspecified atom stereocenters. The van der Waals surface area contributed by atoms with Crippen molar-refractivity contribution in [2.45, 2.75) is 38.7 Å². The molecule has 2 aromatic carbocycles. The van der Waals surface area contributed by atoms with Crippen LogP contribution in [0.1, 0.15) is 40.7 Å². The largest absolute Gasteiger partial charge is 0.497 e.